The highest BCUT2D eigenvalue weighted by Crippen LogP contribution is 2.27. The van der Waals surface area contributed by atoms with E-state index in [9.17, 15) is 4.79 Å². The Morgan fingerprint density at radius 2 is 1.97 bits per heavy atom. The Hall–Kier alpha value is -2.44. The molecule has 1 aliphatic rings. The van der Waals surface area contributed by atoms with E-state index in [4.69, 9.17) is 4.98 Å². The standard InChI is InChI=1S/C25H32N4OS/c1-17-13-24(29-11-9-21(10-12-29)28(3)4)27-23-7-6-20(15-22(17)23)26-25(30)8-5-19-14-18(2)31-16-19/h6-7,13-16,21H,5,8-12H2,1-4H3,(H,26,30). The zero-order valence-corrected chi connectivity index (χ0v) is 19.8. The molecule has 0 spiro atoms. The molecule has 6 heteroatoms. The third-order valence-electron chi connectivity index (χ3n) is 6.23. The third kappa shape index (κ3) is 5.25. The zero-order valence-electron chi connectivity index (χ0n) is 18.9. The summed E-state index contributed by atoms with van der Waals surface area (Å²) in [7, 11) is 4.33. The van der Waals surface area contributed by atoms with Crippen LogP contribution >= 0.6 is 11.3 Å². The fourth-order valence-electron chi connectivity index (χ4n) is 4.34. The van der Waals surface area contributed by atoms with E-state index in [1.807, 2.05) is 18.2 Å². The van der Waals surface area contributed by atoms with Crippen LogP contribution in [0.2, 0.25) is 0 Å². The summed E-state index contributed by atoms with van der Waals surface area (Å²) in [5.74, 6) is 1.11. The molecule has 3 aromatic rings. The second-order valence-electron chi connectivity index (χ2n) is 8.82. The summed E-state index contributed by atoms with van der Waals surface area (Å²) >= 11 is 1.73. The van der Waals surface area contributed by atoms with E-state index in [1.165, 1.54) is 28.8 Å². The maximum Gasteiger partial charge on any atom is 0.224 e. The van der Waals surface area contributed by atoms with Crippen molar-refractivity contribution in [1.82, 2.24) is 9.88 Å². The van der Waals surface area contributed by atoms with Gasteiger partial charge in [-0.05, 0) is 94.0 Å². The second-order valence-corrected chi connectivity index (χ2v) is 9.94. The monoisotopic (exact) mass is 436 g/mol. The van der Waals surface area contributed by atoms with Crippen molar-refractivity contribution in [2.24, 2.45) is 0 Å². The molecule has 1 amide bonds. The SMILES string of the molecule is Cc1cc(CCC(=O)Nc2ccc3nc(N4CCC(N(C)C)CC4)cc(C)c3c2)cs1. The number of rotatable bonds is 6. The lowest BCUT2D eigenvalue weighted by atomic mass is 10.0. The molecule has 5 nitrogen and oxygen atoms in total. The van der Waals surface area contributed by atoms with E-state index in [0.717, 1.165) is 41.9 Å². The predicted molar refractivity (Wildman–Crippen MR) is 131 cm³/mol. The van der Waals surface area contributed by atoms with Crippen LogP contribution in [-0.4, -0.2) is 49.0 Å². The number of nitrogens with one attached hydrogen (secondary N) is 1. The number of fused-ring (bicyclic) bond motifs is 1. The lowest BCUT2D eigenvalue weighted by Gasteiger charge is -2.36. The van der Waals surface area contributed by atoms with Gasteiger partial charge in [-0.15, -0.1) is 11.3 Å². The van der Waals surface area contributed by atoms with Gasteiger partial charge >= 0.3 is 0 Å². The van der Waals surface area contributed by atoms with Gasteiger partial charge in [0.05, 0.1) is 5.52 Å². The number of amides is 1. The van der Waals surface area contributed by atoms with Gasteiger partial charge in [0.25, 0.3) is 0 Å². The Morgan fingerprint density at radius 1 is 1.19 bits per heavy atom. The first-order valence-electron chi connectivity index (χ1n) is 11.1. The van der Waals surface area contributed by atoms with Gasteiger partial charge in [0.2, 0.25) is 5.91 Å². The first-order chi connectivity index (χ1) is 14.9. The molecule has 0 bridgehead atoms. The van der Waals surface area contributed by atoms with Crippen LogP contribution in [0, 0.1) is 13.8 Å². The third-order valence-corrected chi connectivity index (χ3v) is 7.14. The molecular formula is C25H32N4OS. The molecule has 1 aromatic carbocycles. The maximum absolute atomic E-state index is 12.4. The number of aromatic nitrogens is 1. The Balaban J connectivity index is 1.42. The smallest absolute Gasteiger partial charge is 0.224 e. The second kappa shape index (κ2) is 9.37. The number of piperidine rings is 1. The van der Waals surface area contributed by atoms with Crippen LogP contribution in [0.25, 0.3) is 10.9 Å². The Kier molecular flexibility index (Phi) is 6.58. The summed E-state index contributed by atoms with van der Waals surface area (Å²) in [5, 5.41) is 6.28. The van der Waals surface area contributed by atoms with Crippen molar-refractivity contribution >= 4 is 39.7 Å². The highest BCUT2D eigenvalue weighted by Gasteiger charge is 2.22. The lowest BCUT2D eigenvalue weighted by molar-refractivity contribution is -0.116. The minimum Gasteiger partial charge on any atom is -0.356 e. The number of benzene rings is 1. The van der Waals surface area contributed by atoms with Gasteiger partial charge in [0.1, 0.15) is 5.82 Å². The van der Waals surface area contributed by atoms with Crippen LogP contribution in [0.3, 0.4) is 0 Å². The van der Waals surface area contributed by atoms with Gasteiger partial charge in [-0.2, -0.15) is 0 Å². The van der Waals surface area contributed by atoms with Crippen molar-refractivity contribution < 1.29 is 4.79 Å². The summed E-state index contributed by atoms with van der Waals surface area (Å²) in [4.78, 5) is 23.4. The number of aryl methyl sites for hydroxylation is 3. The molecule has 0 unspecified atom stereocenters. The summed E-state index contributed by atoms with van der Waals surface area (Å²) < 4.78 is 0. The van der Waals surface area contributed by atoms with Gasteiger partial charge in [0, 0.05) is 41.5 Å². The van der Waals surface area contributed by atoms with Crippen molar-refractivity contribution in [2.75, 3.05) is 37.4 Å². The minimum absolute atomic E-state index is 0.0502. The van der Waals surface area contributed by atoms with E-state index < -0.39 is 0 Å². The van der Waals surface area contributed by atoms with Crippen LogP contribution in [-0.2, 0) is 11.2 Å². The molecule has 31 heavy (non-hydrogen) atoms. The fourth-order valence-corrected chi connectivity index (χ4v) is 5.08. The van der Waals surface area contributed by atoms with E-state index in [1.54, 1.807) is 11.3 Å². The molecule has 0 saturated carbocycles. The van der Waals surface area contributed by atoms with Crippen molar-refractivity contribution in [3.8, 4) is 0 Å². The number of pyridine rings is 1. The molecule has 1 saturated heterocycles. The molecule has 164 valence electrons. The predicted octanol–water partition coefficient (Wildman–Crippen LogP) is 5.01. The normalized spacial score (nSPS) is 15.1. The van der Waals surface area contributed by atoms with Gasteiger partial charge < -0.3 is 15.1 Å². The van der Waals surface area contributed by atoms with E-state index in [-0.39, 0.29) is 5.91 Å². The van der Waals surface area contributed by atoms with Crippen LogP contribution in [0.1, 0.15) is 35.3 Å². The summed E-state index contributed by atoms with van der Waals surface area (Å²) in [6, 6.07) is 11.0. The summed E-state index contributed by atoms with van der Waals surface area (Å²) in [5.41, 5.74) is 4.25. The largest absolute Gasteiger partial charge is 0.356 e. The quantitative estimate of drug-likeness (QED) is 0.590. The number of thiophene rings is 1. The van der Waals surface area contributed by atoms with Gasteiger partial charge in [-0.1, -0.05) is 0 Å². The van der Waals surface area contributed by atoms with Gasteiger partial charge in [0.15, 0.2) is 0 Å². The number of hydrogen-bond acceptors (Lipinski definition) is 5. The van der Waals surface area contributed by atoms with Crippen LogP contribution in [0.15, 0.2) is 35.7 Å². The summed E-state index contributed by atoms with van der Waals surface area (Å²) in [6.45, 7) is 6.30. The van der Waals surface area contributed by atoms with Gasteiger partial charge in [-0.3, -0.25) is 4.79 Å². The number of carbonyl (C=O) groups is 1. The highest BCUT2D eigenvalue weighted by molar-refractivity contribution is 7.10. The Labute approximate surface area is 189 Å². The fraction of sp³-hybridized carbons (Fsp3) is 0.440. The van der Waals surface area contributed by atoms with Crippen molar-refractivity contribution in [1.29, 1.82) is 0 Å². The number of carbonyl (C=O) groups excluding carboxylic acids is 1. The zero-order chi connectivity index (χ0) is 22.0. The topological polar surface area (TPSA) is 48.5 Å². The highest BCUT2D eigenvalue weighted by atomic mass is 32.1. The van der Waals surface area contributed by atoms with Crippen LogP contribution in [0.5, 0.6) is 0 Å². The molecule has 3 heterocycles. The molecule has 0 aliphatic carbocycles. The van der Waals surface area contributed by atoms with Crippen LogP contribution < -0.4 is 10.2 Å². The molecule has 4 rings (SSSR count). The maximum atomic E-state index is 12.4. The molecule has 1 fully saturated rings. The average Bonchev–Trinajstić information content (AvgIpc) is 3.18. The molecule has 0 radical (unpaired) electrons. The molecule has 1 N–H and O–H groups in total. The van der Waals surface area contributed by atoms with E-state index in [2.05, 4.69) is 60.6 Å². The van der Waals surface area contributed by atoms with Crippen LogP contribution in [0.4, 0.5) is 11.5 Å². The molecular weight excluding hydrogens is 404 g/mol. The summed E-state index contributed by atoms with van der Waals surface area (Å²) in [6.07, 6.45) is 3.61. The first kappa shape index (κ1) is 21.8. The molecule has 2 aromatic heterocycles. The van der Waals surface area contributed by atoms with Gasteiger partial charge in [-0.25, -0.2) is 4.98 Å². The Morgan fingerprint density at radius 3 is 2.65 bits per heavy atom. The van der Waals surface area contributed by atoms with E-state index in [0.29, 0.717) is 12.5 Å². The van der Waals surface area contributed by atoms with Crippen molar-refractivity contribution in [2.45, 2.75) is 45.6 Å². The Bertz CT molecular complexity index is 1070. The molecule has 1 aliphatic heterocycles. The average molecular weight is 437 g/mol. The minimum atomic E-state index is 0.0502. The number of nitrogens with zero attached hydrogens (tertiary/aromatic N) is 3. The number of hydrogen-bond donors (Lipinski definition) is 1. The molecule has 0 atom stereocenters. The number of anilines is 2. The van der Waals surface area contributed by atoms with Crippen molar-refractivity contribution in [3.63, 3.8) is 0 Å². The van der Waals surface area contributed by atoms with E-state index >= 15 is 0 Å². The van der Waals surface area contributed by atoms with Crippen molar-refractivity contribution in [3.05, 3.63) is 51.7 Å². The lowest BCUT2D eigenvalue weighted by Crippen LogP contribution is -2.42. The first-order valence-corrected chi connectivity index (χ1v) is 11.9.